The van der Waals surface area contributed by atoms with Crippen LogP contribution in [0.4, 0.5) is 4.39 Å². The average molecular weight is 175 g/mol. The van der Waals surface area contributed by atoms with E-state index in [0.29, 0.717) is 5.56 Å². The fourth-order valence-electron chi connectivity index (χ4n) is 0.838. The van der Waals surface area contributed by atoms with Gasteiger partial charge in [-0.05, 0) is 18.2 Å². The number of hydrogen-bond donors (Lipinski definition) is 0. The lowest BCUT2D eigenvalue weighted by Gasteiger charge is -2.00. The van der Waals surface area contributed by atoms with E-state index in [4.69, 9.17) is 10.00 Å². The van der Waals surface area contributed by atoms with Crippen LogP contribution >= 0.6 is 0 Å². The second-order valence-electron chi connectivity index (χ2n) is 2.21. The van der Waals surface area contributed by atoms with Crippen molar-refractivity contribution in [3.05, 3.63) is 29.6 Å². The molecule has 0 aliphatic heterocycles. The van der Waals surface area contributed by atoms with Crippen molar-refractivity contribution in [3.63, 3.8) is 0 Å². The van der Waals surface area contributed by atoms with Gasteiger partial charge >= 0.3 is 0 Å². The second-order valence-corrected chi connectivity index (χ2v) is 2.21. The van der Waals surface area contributed by atoms with Gasteiger partial charge in [0.25, 0.3) is 0 Å². The summed E-state index contributed by atoms with van der Waals surface area (Å²) >= 11 is 0. The summed E-state index contributed by atoms with van der Waals surface area (Å²) in [6.45, 7) is 0. The van der Waals surface area contributed by atoms with Crippen LogP contribution in [0.2, 0.25) is 0 Å². The molecule has 0 saturated heterocycles. The van der Waals surface area contributed by atoms with Gasteiger partial charge in [-0.3, -0.25) is 0 Å². The van der Waals surface area contributed by atoms with E-state index in [1.165, 1.54) is 25.3 Å². The highest BCUT2D eigenvalue weighted by molar-refractivity contribution is 5.42. The molecule has 1 aromatic rings. The van der Waals surface area contributed by atoms with Crippen LogP contribution < -0.4 is 4.74 Å². The maximum Gasteiger partial charge on any atom is 0.165 e. The average Bonchev–Trinajstić information content (AvgIpc) is 2.16. The molecule has 13 heavy (non-hydrogen) atoms. The molecule has 0 aliphatic carbocycles. The molecule has 0 saturated carbocycles. The van der Waals surface area contributed by atoms with Crippen LogP contribution in [-0.2, 0) is 0 Å². The zero-order valence-corrected chi connectivity index (χ0v) is 6.97. The number of benzene rings is 1. The molecule has 0 heterocycles. The molecule has 1 rings (SSSR count). The van der Waals surface area contributed by atoms with Crippen LogP contribution in [0.25, 0.3) is 0 Å². The summed E-state index contributed by atoms with van der Waals surface area (Å²) in [5.74, 6) is 4.44. The van der Waals surface area contributed by atoms with Crippen LogP contribution in [0.3, 0.4) is 0 Å². The van der Waals surface area contributed by atoms with Gasteiger partial charge in [0.15, 0.2) is 17.6 Å². The minimum atomic E-state index is -0.440. The molecule has 0 aromatic heterocycles. The van der Waals surface area contributed by atoms with E-state index in [1.807, 2.05) is 0 Å². The maximum atomic E-state index is 12.9. The van der Waals surface area contributed by atoms with Crippen molar-refractivity contribution in [2.75, 3.05) is 7.11 Å². The first-order chi connectivity index (χ1) is 6.27. The van der Waals surface area contributed by atoms with Gasteiger partial charge in [-0.1, -0.05) is 5.92 Å². The first-order valence-electron chi connectivity index (χ1n) is 3.51. The Morgan fingerprint density at radius 1 is 1.46 bits per heavy atom. The van der Waals surface area contributed by atoms with Crippen molar-refractivity contribution in [1.82, 2.24) is 0 Å². The minimum absolute atomic E-state index is 0.129. The van der Waals surface area contributed by atoms with E-state index in [0.717, 1.165) is 0 Å². The predicted octanol–water partition coefficient (Wildman–Crippen LogP) is 1.71. The lowest BCUT2D eigenvalue weighted by Crippen LogP contribution is -1.88. The van der Waals surface area contributed by atoms with E-state index < -0.39 is 5.82 Å². The summed E-state index contributed by atoms with van der Waals surface area (Å²) in [4.78, 5) is 0. The molecule has 0 N–H and O–H groups in total. The number of hydrogen-bond acceptors (Lipinski definition) is 2. The van der Waals surface area contributed by atoms with Gasteiger partial charge in [0.2, 0.25) is 0 Å². The molecule has 0 bridgehead atoms. The highest BCUT2D eigenvalue weighted by atomic mass is 19.1. The fraction of sp³-hybridized carbons (Fsp3) is 0.100. The quantitative estimate of drug-likeness (QED) is 0.608. The van der Waals surface area contributed by atoms with Crippen LogP contribution in [0.5, 0.6) is 5.75 Å². The minimum Gasteiger partial charge on any atom is -0.494 e. The van der Waals surface area contributed by atoms with Gasteiger partial charge in [0.1, 0.15) is 0 Å². The zero-order chi connectivity index (χ0) is 9.68. The monoisotopic (exact) mass is 175 g/mol. The third kappa shape index (κ3) is 2.21. The van der Waals surface area contributed by atoms with Gasteiger partial charge in [0, 0.05) is 11.5 Å². The molecule has 0 fully saturated rings. The van der Waals surface area contributed by atoms with E-state index in [1.54, 1.807) is 6.07 Å². The predicted molar refractivity (Wildman–Crippen MR) is 45.4 cm³/mol. The molecule has 0 unspecified atom stereocenters. The molecular weight excluding hydrogens is 169 g/mol. The van der Waals surface area contributed by atoms with Crippen LogP contribution in [-0.4, -0.2) is 7.11 Å². The van der Waals surface area contributed by atoms with Gasteiger partial charge < -0.3 is 4.74 Å². The number of ether oxygens (including phenoxy) is 1. The Kier molecular flexibility index (Phi) is 2.89. The summed E-state index contributed by atoms with van der Waals surface area (Å²) in [6.07, 6.45) is 0. The molecule has 64 valence electrons. The third-order valence-electron chi connectivity index (χ3n) is 1.41. The summed E-state index contributed by atoms with van der Waals surface area (Å²) in [6, 6.07) is 5.86. The lowest BCUT2D eigenvalue weighted by atomic mass is 10.2. The number of methoxy groups -OCH3 is 1. The van der Waals surface area contributed by atoms with E-state index in [-0.39, 0.29) is 5.75 Å². The first kappa shape index (κ1) is 9.09. The zero-order valence-electron chi connectivity index (χ0n) is 6.97. The van der Waals surface area contributed by atoms with Crippen molar-refractivity contribution in [2.45, 2.75) is 0 Å². The van der Waals surface area contributed by atoms with Crippen molar-refractivity contribution >= 4 is 0 Å². The SMILES string of the molecule is COc1cc(C#CC#N)ccc1F. The Bertz CT molecular complexity index is 409. The largest absolute Gasteiger partial charge is 0.494 e. The second kappa shape index (κ2) is 4.13. The van der Waals surface area contributed by atoms with Gasteiger partial charge in [0.05, 0.1) is 7.11 Å². The maximum absolute atomic E-state index is 12.9. The lowest BCUT2D eigenvalue weighted by molar-refractivity contribution is 0.386. The van der Waals surface area contributed by atoms with E-state index in [2.05, 4.69) is 11.8 Å². The topological polar surface area (TPSA) is 33.0 Å². The molecule has 3 heteroatoms. The Hall–Kier alpha value is -2.00. The van der Waals surface area contributed by atoms with Crippen molar-refractivity contribution < 1.29 is 9.13 Å². The Morgan fingerprint density at radius 3 is 2.85 bits per heavy atom. The summed E-state index contributed by atoms with van der Waals surface area (Å²) < 4.78 is 17.6. The number of nitriles is 1. The number of rotatable bonds is 1. The molecule has 0 atom stereocenters. The molecule has 2 nitrogen and oxygen atoms in total. The van der Waals surface area contributed by atoms with Crippen molar-refractivity contribution in [1.29, 1.82) is 5.26 Å². The normalized spacial score (nSPS) is 8.08. The standard InChI is InChI=1S/C10H6FNO/c1-13-10-7-8(3-2-6-12)4-5-9(10)11/h4-5,7H,1H3. The number of halogens is 1. The summed E-state index contributed by atoms with van der Waals surface area (Å²) in [7, 11) is 1.37. The molecule has 0 aliphatic rings. The molecule has 1 aromatic carbocycles. The van der Waals surface area contributed by atoms with Gasteiger partial charge in [-0.2, -0.15) is 5.26 Å². The smallest absolute Gasteiger partial charge is 0.165 e. The van der Waals surface area contributed by atoms with E-state index >= 15 is 0 Å². The van der Waals surface area contributed by atoms with Gasteiger partial charge in [-0.25, -0.2) is 4.39 Å². The number of nitrogens with zero attached hydrogens (tertiary/aromatic N) is 1. The Morgan fingerprint density at radius 2 is 2.23 bits per heavy atom. The molecular formula is C10H6FNO. The van der Waals surface area contributed by atoms with Crippen molar-refractivity contribution in [3.8, 4) is 23.7 Å². The Balaban J connectivity index is 3.08. The van der Waals surface area contributed by atoms with Crippen LogP contribution in [0, 0.1) is 29.0 Å². The summed E-state index contributed by atoms with van der Waals surface area (Å²) in [5, 5.41) is 8.18. The third-order valence-corrected chi connectivity index (χ3v) is 1.41. The highest BCUT2D eigenvalue weighted by Gasteiger charge is 2.00. The van der Waals surface area contributed by atoms with Crippen LogP contribution in [0.15, 0.2) is 18.2 Å². The van der Waals surface area contributed by atoms with E-state index in [9.17, 15) is 4.39 Å². The fourth-order valence-corrected chi connectivity index (χ4v) is 0.838. The van der Waals surface area contributed by atoms with Crippen molar-refractivity contribution in [2.24, 2.45) is 0 Å². The first-order valence-corrected chi connectivity index (χ1v) is 3.51. The molecule has 0 amide bonds. The molecule has 0 spiro atoms. The molecule has 0 radical (unpaired) electrons. The Labute approximate surface area is 75.6 Å². The van der Waals surface area contributed by atoms with Gasteiger partial charge in [-0.15, -0.1) is 0 Å². The highest BCUT2D eigenvalue weighted by Crippen LogP contribution is 2.17. The van der Waals surface area contributed by atoms with Crippen LogP contribution in [0.1, 0.15) is 5.56 Å². The summed E-state index contributed by atoms with van der Waals surface area (Å²) in [5.41, 5.74) is 0.555.